The van der Waals surface area contributed by atoms with Crippen LogP contribution in [0.5, 0.6) is 0 Å². The third-order valence-corrected chi connectivity index (χ3v) is 2.21. The average molecular weight is 260 g/mol. The minimum atomic E-state index is -4.56. The van der Waals surface area contributed by atoms with Crippen LogP contribution < -0.4 is 0 Å². The lowest BCUT2D eigenvalue weighted by Crippen LogP contribution is -2.05. The van der Waals surface area contributed by atoms with Crippen LogP contribution in [0.4, 0.5) is 22.0 Å². The van der Waals surface area contributed by atoms with Gasteiger partial charge in [-0.2, -0.15) is 22.0 Å². The molecule has 0 amide bonds. The van der Waals surface area contributed by atoms with Crippen molar-refractivity contribution in [2.24, 2.45) is 0 Å². The molecule has 18 heavy (non-hydrogen) atoms. The van der Waals surface area contributed by atoms with Gasteiger partial charge in [-0.25, -0.2) is 9.97 Å². The maximum absolute atomic E-state index is 13.3. The standard InChI is InChI=1S/C11H5F5N2/c12-8-9(17-5-18-10(8)13)6-2-1-3-7(4-6)11(14,15)16/h1-5H. The third kappa shape index (κ3) is 2.29. The Hall–Kier alpha value is -2.05. The van der Waals surface area contributed by atoms with Crippen molar-refractivity contribution in [2.75, 3.05) is 0 Å². The normalized spacial score (nSPS) is 11.6. The van der Waals surface area contributed by atoms with E-state index in [0.29, 0.717) is 6.07 Å². The Labute approximate surface area is 98.1 Å². The molecule has 7 heteroatoms. The summed E-state index contributed by atoms with van der Waals surface area (Å²) in [5.41, 5.74) is -1.63. The van der Waals surface area contributed by atoms with Gasteiger partial charge in [0, 0.05) is 5.56 Å². The van der Waals surface area contributed by atoms with Crippen LogP contribution in [0.15, 0.2) is 30.6 Å². The third-order valence-electron chi connectivity index (χ3n) is 2.21. The summed E-state index contributed by atoms with van der Waals surface area (Å²) in [7, 11) is 0. The van der Waals surface area contributed by atoms with Crippen LogP contribution in [0.3, 0.4) is 0 Å². The number of rotatable bonds is 1. The summed E-state index contributed by atoms with van der Waals surface area (Å²) < 4.78 is 63.6. The van der Waals surface area contributed by atoms with Crippen LogP contribution in [-0.2, 0) is 6.18 Å². The Balaban J connectivity index is 2.55. The molecule has 1 aromatic heterocycles. The highest BCUT2D eigenvalue weighted by atomic mass is 19.4. The summed E-state index contributed by atoms with van der Waals surface area (Å²) in [4.78, 5) is 6.40. The van der Waals surface area contributed by atoms with Crippen LogP contribution in [0, 0.1) is 11.8 Å². The highest BCUT2D eigenvalue weighted by Crippen LogP contribution is 2.32. The predicted molar refractivity (Wildman–Crippen MR) is 52.4 cm³/mol. The minimum absolute atomic E-state index is 0.163. The molecule has 0 aliphatic rings. The number of alkyl halides is 3. The summed E-state index contributed by atoms with van der Waals surface area (Å²) in [5.74, 6) is -2.78. The molecule has 1 heterocycles. The number of hydrogen-bond donors (Lipinski definition) is 0. The molecule has 2 aromatic rings. The van der Waals surface area contributed by atoms with E-state index in [2.05, 4.69) is 9.97 Å². The van der Waals surface area contributed by atoms with Gasteiger partial charge >= 0.3 is 6.18 Å². The molecular formula is C11H5F5N2. The average Bonchev–Trinajstić information content (AvgIpc) is 2.32. The molecule has 0 saturated heterocycles. The van der Waals surface area contributed by atoms with Crippen molar-refractivity contribution >= 4 is 0 Å². The monoisotopic (exact) mass is 260 g/mol. The minimum Gasteiger partial charge on any atom is -0.233 e. The lowest BCUT2D eigenvalue weighted by Gasteiger charge is -2.08. The van der Waals surface area contributed by atoms with E-state index in [9.17, 15) is 22.0 Å². The van der Waals surface area contributed by atoms with Gasteiger partial charge in [-0.3, -0.25) is 0 Å². The second-order valence-corrected chi connectivity index (χ2v) is 3.41. The van der Waals surface area contributed by atoms with Crippen molar-refractivity contribution in [1.29, 1.82) is 0 Å². The van der Waals surface area contributed by atoms with Gasteiger partial charge in [0.25, 0.3) is 5.95 Å². The van der Waals surface area contributed by atoms with Crippen LogP contribution >= 0.6 is 0 Å². The van der Waals surface area contributed by atoms with Gasteiger partial charge in [-0.05, 0) is 12.1 Å². The van der Waals surface area contributed by atoms with E-state index in [1.807, 2.05) is 0 Å². The Bertz CT molecular complexity index is 580. The van der Waals surface area contributed by atoms with Crippen molar-refractivity contribution in [3.05, 3.63) is 47.9 Å². The number of benzene rings is 1. The Kier molecular flexibility index (Phi) is 2.98. The molecule has 1 aromatic carbocycles. The van der Waals surface area contributed by atoms with Gasteiger partial charge < -0.3 is 0 Å². The predicted octanol–water partition coefficient (Wildman–Crippen LogP) is 3.44. The first kappa shape index (κ1) is 12.4. The van der Waals surface area contributed by atoms with E-state index in [4.69, 9.17) is 0 Å². The number of hydrogen-bond acceptors (Lipinski definition) is 2. The van der Waals surface area contributed by atoms with Crippen LogP contribution in [-0.4, -0.2) is 9.97 Å². The molecule has 0 spiro atoms. The summed E-state index contributed by atoms with van der Waals surface area (Å²) in [6.07, 6.45) is -3.81. The number of aromatic nitrogens is 2. The van der Waals surface area contributed by atoms with Crippen LogP contribution in [0.25, 0.3) is 11.3 Å². The Morgan fingerprint density at radius 3 is 2.39 bits per heavy atom. The second-order valence-electron chi connectivity index (χ2n) is 3.41. The van der Waals surface area contributed by atoms with Gasteiger partial charge in [0.2, 0.25) is 5.82 Å². The lowest BCUT2D eigenvalue weighted by atomic mass is 10.1. The molecule has 2 nitrogen and oxygen atoms in total. The maximum Gasteiger partial charge on any atom is 0.416 e. The SMILES string of the molecule is Fc1ncnc(-c2cccc(C(F)(F)F)c2)c1F. The summed E-state index contributed by atoms with van der Waals surface area (Å²) in [5, 5.41) is 0. The molecule has 0 aliphatic heterocycles. The number of nitrogens with zero attached hydrogens (tertiary/aromatic N) is 2. The van der Waals surface area contributed by atoms with Crippen molar-refractivity contribution in [3.8, 4) is 11.3 Å². The molecule has 0 radical (unpaired) electrons. The van der Waals surface area contributed by atoms with Gasteiger partial charge in [-0.1, -0.05) is 12.1 Å². The zero-order valence-corrected chi connectivity index (χ0v) is 8.67. The maximum atomic E-state index is 13.3. The molecule has 0 unspecified atom stereocenters. The first-order valence-electron chi connectivity index (χ1n) is 4.73. The van der Waals surface area contributed by atoms with Crippen molar-refractivity contribution in [3.63, 3.8) is 0 Å². The molecular weight excluding hydrogens is 255 g/mol. The fraction of sp³-hybridized carbons (Fsp3) is 0.0909. The van der Waals surface area contributed by atoms with E-state index in [0.717, 1.165) is 18.5 Å². The largest absolute Gasteiger partial charge is 0.416 e. The zero-order valence-electron chi connectivity index (χ0n) is 8.67. The first-order valence-corrected chi connectivity index (χ1v) is 4.73. The molecule has 0 atom stereocenters. The highest BCUT2D eigenvalue weighted by molar-refractivity contribution is 5.60. The Morgan fingerprint density at radius 1 is 1.00 bits per heavy atom. The molecule has 0 fully saturated rings. The van der Waals surface area contributed by atoms with Crippen LogP contribution in [0.2, 0.25) is 0 Å². The molecule has 0 saturated carbocycles. The van der Waals surface area contributed by atoms with Gasteiger partial charge in [-0.15, -0.1) is 0 Å². The summed E-state index contributed by atoms with van der Waals surface area (Å²) >= 11 is 0. The van der Waals surface area contributed by atoms with E-state index in [-0.39, 0.29) is 5.56 Å². The number of halogens is 5. The van der Waals surface area contributed by atoms with Crippen LogP contribution in [0.1, 0.15) is 5.56 Å². The molecule has 2 rings (SSSR count). The van der Waals surface area contributed by atoms with Gasteiger partial charge in [0.1, 0.15) is 12.0 Å². The summed E-state index contributed by atoms with van der Waals surface area (Å²) in [6, 6.07) is 3.83. The highest BCUT2D eigenvalue weighted by Gasteiger charge is 2.30. The van der Waals surface area contributed by atoms with Crippen molar-refractivity contribution in [1.82, 2.24) is 9.97 Å². The zero-order chi connectivity index (χ0) is 13.3. The van der Waals surface area contributed by atoms with E-state index < -0.39 is 29.2 Å². The van der Waals surface area contributed by atoms with E-state index >= 15 is 0 Å². The topological polar surface area (TPSA) is 25.8 Å². The molecule has 0 aliphatic carbocycles. The quantitative estimate of drug-likeness (QED) is 0.579. The fourth-order valence-electron chi connectivity index (χ4n) is 1.39. The van der Waals surface area contributed by atoms with E-state index in [1.165, 1.54) is 6.07 Å². The fourth-order valence-corrected chi connectivity index (χ4v) is 1.39. The Morgan fingerprint density at radius 2 is 1.72 bits per heavy atom. The van der Waals surface area contributed by atoms with Gasteiger partial charge in [0.15, 0.2) is 0 Å². The summed E-state index contributed by atoms with van der Waals surface area (Å²) in [6.45, 7) is 0. The first-order chi connectivity index (χ1) is 8.39. The van der Waals surface area contributed by atoms with Crippen molar-refractivity contribution < 1.29 is 22.0 Å². The van der Waals surface area contributed by atoms with Crippen molar-refractivity contribution in [2.45, 2.75) is 6.18 Å². The second kappa shape index (κ2) is 4.32. The smallest absolute Gasteiger partial charge is 0.233 e. The van der Waals surface area contributed by atoms with Gasteiger partial charge in [0.05, 0.1) is 5.56 Å². The molecule has 0 bridgehead atoms. The molecule has 0 N–H and O–H groups in total. The lowest BCUT2D eigenvalue weighted by molar-refractivity contribution is -0.137. The molecule has 94 valence electrons. The van der Waals surface area contributed by atoms with E-state index in [1.54, 1.807) is 0 Å².